The number of rotatable bonds is 6. The average Bonchev–Trinajstić information content (AvgIpc) is 3.61. The molecular formula is C30H26N2O7S. The summed E-state index contributed by atoms with van der Waals surface area (Å²) in [5, 5.41) is 22.2. The molecule has 2 atom stereocenters. The second-order valence-corrected chi connectivity index (χ2v) is 10.6. The zero-order valence-electron chi connectivity index (χ0n) is 22.0. The van der Waals surface area contributed by atoms with Crippen LogP contribution < -0.4 is 19.1 Å². The number of aromatic nitrogens is 1. The SMILES string of the molecule is CCOc1cc([C@H]2C(=C(O)c3ccc4c(c3)C[C@@H](C)O4)C(=O)C(=O)N2c2nc3ccc(OC)cc3s2)ccc1O. The molecule has 1 amide bonds. The van der Waals surface area contributed by atoms with Gasteiger partial charge in [0.2, 0.25) is 0 Å². The molecule has 1 aromatic heterocycles. The molecule has 2 aliphatic rings. The lowest BCUT2D eigenvalue weighted by molar-refractivity contribution is -0.132. The Kier molecular flexibility index (Phi) is 6.34. The van der Waals surface area contributed by atoms with E-state index >= 15 is 0 Å². The molecule has 0 unspecified atom stereocenters. The summed E-state index contributed by atoms with van der Waals surface area (Å²) in [6.45, 7) is 4.04. The van der Waals surface area contributed by atoms with Gasteiger partial charge in [-0.1, -0.05) is 17.4 Å². The monoisotopic (exact) mass is 558 g/mol. The second kappa shape index (κ2) is 9.87. The predicted molar refractivity (Wildman–Crippen MR) is 150 cm³/mol. The van der Waals surface area contributed by atoms with E-state index in [0.29, 0.717) is 35.4 Å². The zero-order valence-corrected chi connectivity index (χ0v) is 22.8. The maximum absolute atomic E-state index is 13.6. The highest BCUT2D eigenvalue weighted by Gasteiger charge is 2.48. The Morgan fingerprint density at radius 3 is 2.75 bits per heavy atom. The number of carbonyl (C=O) groups excluding carboxylic acids is 2. The Morgan fingerprint density at radius 2 is 1.98 bits per heavy atom. The van der Waals surface area contributed by atoms with Gasteiger partial charge >= 0.3 is 5.91 Å². The number of benzene rings is 3. The number of aliphatic hydroxyl groups is 1. The average molecular weight is 559 g/mol. The summed E-state index contributed by atoms with van der Waals surface area (Å²) < 4.78 is 17.5. The molecule has 3 aromatic carbocycles. The minimum atomic E-state index is -1.02. The van der Waals surface area contributed by atoms with Crippen molar-refractivity contribution in [3.8, 4) is 23.0 Å². The van der Waals surface area contributed by atoms with Crippen molar-refractivity contribution in [2.24, 2.45) is 0 Å². The molecule has 0 saturated carbocycles. The molecule has 10 heteroatoms. The third-order valence-electron chi connectivity index (χ3n) is 7.00. The predicted octanol–water partition coefficient (Wildman–Crippen LogP) is 5.36. The first kappa shape index (κ1) is 25.7. The second-order valence-electron chi connectivity index (χ2n) is 9.61. The van der Waals surface area contributed by atoms with Crippen LogP contribution in [0.1, 0.15) is 36.6 Å². The molecule has 0 bridgehead atoms. The quantitative estimate of drug-likeness (QED) is 0.185. The summed E-state index contributed by atoms with van der Waals surface area (Å²) in [6.07, 6.45) is 0.670. The molecule has 0 spiro atoms. The molecule has 3 heterocycles. The van der Waals surface area contributed by atoms with E-state index in [-0.39, 0.29) is 34.1 Å². The maximum Gasteiger partial charge on any atom is 0.301 e. The van der Waals surface area contributed by atoms with E-state index in [1.54, 1.807) is 56.5 Å². The number of hydrogen-bond donors (Lipinski definition) is 2. The fourth-order valence-electron chi connectivity index (χ4n) is 5.16. The molecular weight excluding hydrogens is 532 g/mol. The Morgan fingerprint density at radius 1 is 1.15 bits per heavy atom. The highest BCUT2D eigenvalue weighted by Crippen LogP contribution is 2.46. The molecule has 1 saturated heterocycles. The Bertz CT molecular complexity index is 1710. The number of hydrogen-bond acceptors (Lipinski definition) is 9. The number of aromatic hydroxyl groups is 1. The van der Waals surface area contributed by atoms with Crippen LogP contribution in [0.25, 0.3) is 16.0 Å². The van der Waals surface area contributed by atoms with E-state index in [4.69, 9.17) is 14.2 Å². The van der Waals surface area contributed by atoms with Crippen LogP contribution in [-0.4, -0.2) is 46.7 Å². The van der Waals surface area contributed by atoms with Gasteiger partial charge in [-0.15, -0.1) is 0 Å². The number of nitrogens with zero attached hydrogens (tertiary/aromatic N) is 2. The van der Waals surface area contributed by atoms with Crippen molar-refractivity contribution < 1.29 is 34.0 Å². The molecule has 0 radical (unpaired) electrons. The van der Waals surface area contributed by atoms with Crippen LogP contribution in [0.5, 0.6) is 23.0 Å². The van der Waals surface area contributed by atoms with Gasteiger partial charge in [-0.2, -0.15) is 0 Å². The number of ketones is 1. The van der Waals surface area contributed by atoms with Crippen molar-refractivity contribution >= 4 is 44.1 Å². The van der Waals surface area contributed by atoms with E-state index in [1.165, 1.54) is 22.3 Å². The van der Waals surface area contributed by atoms with Gasteiger partial charge in [-0.3, -0.25) is 14.5 Å². The normalized spacial score (nSPS) is 19.6. The standard InChI is InChI=1S/C30H26N2O7S/c1-4-38-23-13-16(5-9-21(23)33)26-25(27(34)17-6-10-22-18(12-17)11-15(2)39-22)28(35)29(36)32(26)30-31-20-8-7-19(37-3)14-24(20)40-30/h5-10,12-15,26,33-34H,4,11H2,1-3H3/t15-,26+/m1/s1. The van der Waals surface area contributed by atoms with Gasteiger partial charge in [0.15, 0.2) is 16.6 Å². The number of fused-ring (bicyclic) bond motifs is 2. The fourth-order valence-corrected chi connectivity index (χ4v) is 6.19. The van der Waals surface area contributed by atoms with Crippen molar-refractivity contribution in [1.29, 1.82) is 0 Å². The first-order valence-corrected chi connectivity index (χ1v) is 13.6. The minimum Gasteiger partial charge on any atom is -0.507 e. The lowest BCUT2D eigenvalue weighted by atomic mass is 9.94. The first-order chi connectivity index (χ1) is 19.3. The van der Waals surface area contributed by atoms with E-state index in [9.17, 15) is 19.8 Å². The molecule has 2 N–H and O–H groups in total. The number of amides is 1. The largest absolute Gasteiger partial charge is 0.507 e. The third-order valence-corrected chi connectivity index (χ3v) is 8.02. The maximum atomic E-state index is 13.6. The van der Waals surface area contributed by atoms with Gasteiger partial charge < -0.3 is 24.4 Å². The summed E-state index contributed by atoms with van der Waals surface area (Å²) in [5.41, 5.74) is 2.33. The van der Waals surface area contributed by atoms with E-state index < -0.39 is 17.7 Å². The molecule has 2 aliphatic heterocycles. The number of carbonyl (C=O) groups is 2. The fraction of sp³-hybridized carbons (Fsp3) is 0.233. The Labute approximate surface area is 233 Å². The summed E-state index contributed by atoms with van der Waals surface area (Å²) in [5.74, 6) is -0.480. The lowest BCUT2D eigenvalue weighted by Crippen LogP contribution is -2.29. The van der Waals surface area contributed by atoms with Crippen molar-refractivity contribution in [2.45, 2.75) is 32.4 Å². The van der Waals surface area contributed by atoms with Gasteiger partial charge in [-0.05, 0) is 73.5 Å². The molecule has 4 aromatic rings. The van der Waals surface area contributed by atoms with Gasteiger partial charge in [0, 0.05) is 12.0 Å². The first-order valence-electron chi connectivity index (χ1n) is 12.8. The van der Waals surface area contributed by atoms with Crippen LogP contribution in [-0.2, 0) is 16.0 Å². The van der Waals surface area contributed by atoms with Crippen molar-refractivity contribution in [3.05, 3.63) is 76.9 Å². The number of anilines is 1. The van der Waals surface area contributed by atoms with Gasteiger partial charge in [0.05, 0.1) is 35.5 Å². The number of Topliss-reactive ketones (excluding diaryl/α,β-unsaturated/α-hetero) is 1. The summed E-state index contributed by atoms with van der Waals surface area (Å²) in [4.78, 5) is 33.2. The topological polar surface area (TPSA) is 118 Å². The highest BCUT2D eigenvalue weighted by molar-refractivity contribution is 7.22. The van der Waals surface area contributed by atoms with E-state index in [0.717, 1.165) is 16.0 Å². The number of phenols is 1. The number of thiazole rings is 1. The summed E-state index contributed by atoms with van der Waals surface area (Å²) in [7, 11) is 1.56. The Balaban J connectivity index is 1.54. The number of ether oxygens (including phenoxy) is 3. The summed E-state index contributed by atoms with van der Waals surface area (Å²) >= 11 is 1.23. The van der Waals surface area contributed by atoms with Crippen LogP contribution in [0.3, 0.4) is 0 Å². The van der Waals surface area contributed by atoms with Crippen molar-refractivity contribution in [2.75, 3.05) is 18.6 Å². The van der Waals surface area contributed by atoms with Crippen LogP contribution >= 0.6 is 11.3 Å². The number of phenolic OH excluding ortho intramolecular Hbond substituents is 1. The third kappa shape index (κ3) is 4.21. The van der Waals surface area contributed by atoms with Crippen LogP contribution in [0, 0.1) is 0 Å². The van der Waals surface area contributed by atoms with Crippen LogP contribution in [0.2, 0.25) is 0 Å². The number of aliphatic hydroxyl groups excluding tert-OH is 1. The molecule has 6 rings (SSSR count). The summed E-state index contributed by atoms with van der Waals surface area (Å²) in [6, 6.07) is 14.2. The van der Waals surface area contributed by atoms with E-state index in [1.807, 2.05) is 13.0 Å². The number of methoxy groups -OCH3 is 1. The molecule has 1 fully saturated rings. The van der Waals surface area contributed by atoms with Gasteiger partial charge in [0.1, 0.15) is 23.4 Å². The highest BCUT2D eigenvalue weighted by atomic mass is 32.1. The van der Waals surface area contributed by atoms with Crippen LogP contribution in [0.15, 0.2) is 60.2 Å². The van der Waals surface area contributed by atoms with Gasteiger partial charge in [-0.25, -0.2) is 4.98 Å². The van der Waals surface area contributed by atoms with Crippen LogP contribution in [0.4, 0.5) is 5.13 Å². The van der Waals surface area contributed by atoms with Crippen molar-refractivity contribution in [1.82, 2.24) is 4.98 Å². The molecule has 204 valence electrons. The smallest absolute Gasteiger partial charge is 0.301 e. The lowest BCUT2D eigenvalue weighted by Gasteiger charge is -2.23. The zero-order chi connectivity index (χ0) is 28.1. The minimum absolute atomic E-state index is 0.00428. The Hall–Kier alpha value is -4.57. The van der Waals surface area contributed by atoms with E-state index in [2.05, 4.69) is 4.98 Å². The molecule has 9 nitrogen and oxygen atoms in total. The van der Waals surface area contributed by atoms with Crippen molar-refractivity contribution in [3.63, 3.8) is 0 Å². The molecule has 0 aliphatic carbocycles. The van der Waals surface area contributed by atoms with Gasteiger partial charge in [0.25, 0.3) is 5.78 Å². The molecule has 40 heavy (non-hydrogen) atoms.